The monoisotopic (exact) mass is 1440 g/mol. The molecular formula is C96H160O8. The van der Waals surface area contributed by atoms with Crippen LogP contribution in [-0.2, 0) is 0 Å². The van der Waals surface area contributed by atoms with Gasteiger partial charge in [0.1, 0.15) is 0 Å². The quantitative estimate of drug-likeness (QED) is 0.0357. The topological polar surface area (TPSA) is 73.8 Å². The highest BCUT2D eigenvalue weighted by molar-refractivity contribution is 6.05. The predicted octanol–water partition coefficient (Wildman–Crippen LogP) is 31.7. The van der Waals surface area contributed by atoms with Crippen LogP contribution in [0.25, 0.3) is 44.5 Å². The van der Waals surface area contributed by atoms with Crippen molar-refractivity contribution in [3.8, 4) is 90.5 Å². The molecule has 0 bridgehead atoms. The number of unbranched alkanes of at least 4 members (excludes halogenated alkanes) is 48. The van der Waals surface area contributed by atoms with Crippen LogP contribution < -0.4 is 37.9 Å². The summed E-state index contributed by atoms with van der Waals surface area (Å²) in [7, 11) is 0. The van der Waals surface area contributed by atoms with Gasteiger partial charge in [0, 0.05) is 0 Å². The molecule has 592 valence electrons. The van der Waals surface area contributed by atoms with E-state index >= 15 is 0 Å². The lowest BCUT2D eigenvalue weighted by Crippen LogP contribution is -2.08. The largest absolute Gasteiger partial charge is 0.490 e. The van der Waals surface area contributed by atoms with E-state index in [0.717, 1.165) is 193 Å². The van der Waals surface area contributed by atoms with Crippen LogP contribution in [0.15, 0.2) is 48.5 Å². The van der Waals surface area contributed by atoms with E-state index in [2.05, 4.69) is 104 Å². The van der Waals surface area contributed by atoms with Gasteiger partial charge in [-0.1, -0.05) is 364 Å². The Bertz CT molecular complexity index is 2140. The van der Waals surface area contributed by atoms with Crippen LogP contribution >= 0.6 is 0 Å². The minimum atomic E-state index is 0.627. The molecule has 0 aromatic heterocycles. The number of ether oxygens (including phenoxy) is 8. The maximum absolute atomic E-state index is 7.17. The van der Waals surface area contributed by atoms with Gasteiger partial charge in [-0.25, -0.2) is 0 Å². The SMILES string of the molecule is CCCCCCCCCOc1cc2c(cc1OCCCCCCCCC)-c1cc(OCCCCCCCCC)c(OCCCCCCCCC)cc1-c1cc(OCCCCCCCCC)c(OCCCCCCCCC)cc1-c1cc(OCCCCCCCCC)c(OCCCCCCCCC)cc1-2. The maximum Gasteiger partial charge on any atom is 0.161 e. The summed E-state index contributed by atoms with van der Waals surface area (Å²) in [6.45, 7) is 23.4. The lowest BCUT2D eigenvalue weighted by Gasteiger charge is -2.28. The third-order valence-electron chi connectivity index (χ3n) is 21.5. The van der Waals surface area contributed by atoms with Crippen molar-refractivity contribution in [3.05, 3.63) is 48.5 Å². The van der Waals surface area contributed by atoms with Gasteiger partial charge in [-0.3, -0.25) is 0 Å². The Morgan fingerprint density at radius 3 is 0.308 bits per heavy atom. The Morgan fingerprint density at radius 2 is 0.212 bits per heavy atom. The summed E-state index contributed by atoms with van der Waals surface area (Å²) < 4.78 is 57.4. The second-order valence-corrected chi connectivity index (χ2v) is 31.1. The molecule has 0 amide bonds. The smallest absolute Gasteiger partial charge is 0.161 e. The maximum atomic E-state index is 7.17. The zero-order valence-corrected chi connectivity index (χ0v) is 69.1. The summed E-state index contributed by atoms with van der Waals surface area (Å²) in [4.78, 5) is 0. The van der Waals surface area contributed by atoms with E-state index < -0.39 is 0 Å². The molecular weight excluding hydrogens is 1280 g/mol. The first-order valence-electron chi connectivity index (χ1n) is 45.2. The van der Waals surface area contributed by atoms with Gasteiger partial charge in [-0.15, -0.1) is 0 Å². The molecule has 0 fully saturated rings. The first kappa shape index (κ1) is 89.9. The number of benzene rings is 4. The average molecular weight is 1440 g/mol. The van der Waals surface area contributed by atoms with Crippen LogP contribution in [0.3, 0.4) is 0 Å². The van der Waals surface area contributed by atoms with Crippen LogP contribution in [0.5, 0.6) is 46.0 Å². The molecule has 0 heterocycles. The van der Waals surface area contributed by atoms with Crippen molar-refractivity contribution in [1.82, 2.24) is 0 Å². The van der Waals surface area contributed by atoms with Gasteiger partial charge in [0.25, 0.3) is 0 Å². The van der Waals surface area contributed by atoms with Crippen LogP contribution in [0.1, 0.15) is 415 Å². The van der Waals surface area contributed by atoms with Crippen LogP contribution in [-0.4, -0.2) is 52.9 Å². The van der Waals surface area contributed by atoms with Crippen LogP contribution in [0.2, 0.25) is 0 Å². The average Bonchev–Trinajstić information content (AvgIpc) is 0.727. The van der Waals surface area contributed by atoms with Gasteiger partial charge in [0.2, 0.25) is 0 Å². The van der Waals surface area contributed by atoms with Gasteiger partial charge in [-0.05, 0) is 144 Å². The third-order valence-corrected chi connectivity index (χ3v) is 21.5. The standard InChI is InChI=1S/C96H160O8/c1-9-17-25-33-41-49-57-65-97-89-73-81-82(74-90(89)98-66-58-50-42-34-26-18-10-2)84-76-92(100-68-60-52-44-36-28-20-12-4)94(102-70-62-54-46-38-30-22-14-6)78-86(84)88-80-96(104-72-64-56-48-40-32-24-16-8)95(103-71-63-55-47-39-31-23-15-7)79-87(88)85-77-93(101-69-61-53-45-37-29-21-13-5)91(75-83(81)85)99-67-59-51-43-35-27-19-11-3/h73-80H,9-72H2,1-8H3. The third kappa shape index (κ3) is 37.4. The Labute approximate surface area is 641 Å². The van der Waals surface area contributed by atoms with E-state index in [1.165, 1.54) is 257 Å². The molecule has 104 heavy (non-hydrogen) atoms. The van der Waals surface area contributed by atoms with E-state index in [1.807, 2.05) is 0 Å². The van der Waals surface area contributed by atoms with E-state index in [4.69, 9.17) is 37.9 Å². The Hall–Kier alpha value is -4.72. The van der Waals surface area contributed by atoms with Gasteiger partial charge >= 0.3 is 0 Å². The van der Waals surface area contributed by atoms with Crippen LogP contribution in [0, 0.1) is 0 Å². The molecule has 5 rings (SSSR count). The summed E-state index contributed by atoms with van der Waals surface area (Å²) in [5, 5.41) is 0. The normalized spacial score (nSPS) is 11.6. The fourth-order valence-electron chi connectivity index (χ4n) is 14.9. The molecule has 4 aromatic rings. The Kier molecular flexibility index (Phi) is 52.9. The van der Waals surface area contributed by atoms with Crippen molar-refractivity contribution in [1.29, 1.82) is 0 Å². The summed E-state index contributed by atoms with van der Waals surface area (Å²) in [5.41, 5.74) is 8.58. The highest BCUT2D eigenvalue weighted by Gasteiger charge is 2.31. The minimum absolute atomic E-state index is 0.627. The number of hydrogen-bond donors (Lipinski definition) is 0. The molecule has 8 nitrogen and oxygen atoms in total. The fourth-order valence-corrected chi connectivity index (χ4v) is 14.9. The lowest BCUT2D eigenvalue weighted by molar-refractivity contribution is 0.258. The molecule has 0 saturated carbocycles. The fraction of sp³-hybridized carbons (Fsp3) is 0.750. The molecule has 0 unspecified atom stereocenters. The first-order chi connectivity index (χ1) is 51.5. The molecule has 0 spiro atoms. The molecule has 0 saturated heterocycles. The molecule has 4 aromatic carbocycles. The predicted molar refractivity (Wildman–Crippen MR) is 450 cm³/mol. The van der Waals surface area contributed by atoms with Crippen molar-refractivity contribution in [2.24, 2.45) is 0 Å². The Balaban J connectivity index is 1.85. The van der Waals surface area contributed by atoms with Crippen molar-refractivity contribution < 1.29 is 37.9 Å². The second-order valence-electron chi connectivity index (χ2n) is 31.1. The highest BCUT2D eigenvalue weighted by Crippen LogP contribution is 2.56. The summed E-state index contributed by atoms with van der Waals surface area (Å²) in [5.74, 6) is 6.40. The summed E-state index contributed by atoms with van der Waals surface area (Å²) >= 11 is 0. The zero-order valence-electron chi connectivity index (χ0n) is 69.1. The summed E-state index contributed by atoms with van der Waals surface area (Å²) in [6, 6.07) is 18.7. The van der Waals surface area contributed by atoms with Gasteiger partial charge in [0.05, 0.1) is 52.9 Å². The molecule has 0 N–H and O–H groups in total. The first-order valence-corrected chi connectivity index (χ1v) is 45.2. The second kappa shape index (κ2) is 61.2. The summed E-state index contributed by atoms with van der Waals surface area (Å²) in [6.07, 6.45) is 68.2. The van der Waals surface area contributed by atoms with Gasteiger partial charge in [0.15, 0.2) is 46.0 Å². The molecule has 1 aliphatic carbocycles. The van der Waals surface area contributed by atoms with Crippen molar-refractivity contribution >= 4 is 0 Å². The van der Waals surface area contributed by atoms with Gasteiger partial charge in [-0.2, -0.15) is 0 Å². The zero-order chi connectivity index (χ0) is 73.8. The minimum Gasteiger partial charge on any atom is -0.490 e. The lowest BCUT2D eigenvalue weighted by atomic mass is 9.80. The van der Waals surface area contributed by atoms with E-state index in [1.54, 1.807) is 0 Å². The van der Waals surface area contributed by atoms with E-state index in [-0.39, 0.29) is 0 Å². The molecule has 8 heteroatoms. The molecule has 1 aliphatic rings. The van der Waals surface area contributed by atoms with Gasteiger partial charge < -0.3 is 37.9 Å². The van der Waals surface area contributed by atoms with Crippen molar-refractivity contribution in [3.63, 3.8) is 0 Å². The van der Waals surface area contributed by atoms with Crippen LogP contribution in [0.4, 0.5) is 0 Å². The number of hydrogen-bond acceptors (Lipinski definition) is 8. The molecule has 0 radical (unpaired) electrons. The Morgan fingerprint density at radius 1 is 0.125 bits per heavy atom. The van der Waals surface area contributed by atoms with E-state index in [9.17, 15) is 0 Å². The molecule has 0 aliphatic heterocycles. The van der Waals surface area contributed by atoms with E-state index in [0.29, 0.717) is 52.9 Å². The van der Waals surface area contributed by atoms with Crippen molar-refractivity contribution in [2.45, 2.75) is 415 Å². The highest BCUT2D eigenvalue weighted by atomic mass is 16.5. The number of fused-ring (bicyclic) bond motifs is 8. The van der Waals surface area contributed by atoms with Crippen molar-refractivity contribution in [2.75, 3.05) is 52.9 Å². The number of rotatable bonds is 72. The molecule has 0 atom stereocenters.